The molecule has 4 fully saturated rings. The fourth-order valence-electron chi connectivity index (χ4n) is 9.43. The molecule has 5 aliphatic rings. The third kappa shape index (κ3) is 4.60. The van der Waals surface area contributed by atoms with Crippen LogP contribution in [0.1, 0.15) is 119 Å². The van der Waals surface area contributed by atoms with Gasteiger partial charge in [0.15, 0.2) is 0 Å². The zero-order valence-corrected chi connectivity index (χ0v) is 25.3. The predicted molar refractivity (Wildman–Crippen MR) is 150 cm³/mol. The van der Waals surface area contributed by atoms with E-state index in [-0.39, 0.29) is 47.1 Å². The Labute approximate surface area is 235 Å². The van der Waals surface area contributed by atoms with E-state index in [1.54, 1.807) is 11.1 Å². The van der Waals surface area contributed by atoms with Crippen molar-refractivity contribution in [3.05, 3.63) is 11.1 Å². The highest BCUT2D eigenvalue weighted by atomic mass is 16.6. The molecule has 0 spiro atoms. The maximum Gasteiger partial charge on any atom is 0.311 e. The smallest absolute Gasteiger partial charge is 0.311 e. The number of cyclic esters (lactones) is 1. The lowest BCUT2D eigenvalue weighted by molar-refractivity contribution is -0.225. The van der Waals surface area contributed by atoms with Crippen molar-refractivity contribution in [3.63, 3.8) is 0 Å². The third-order valence-electron chi connectivity index (χ3n) is 12.4. The van der Waals surface area contributed by atoms with Crippen LogP contribution in [0.2, 0.25) is 0 Å². The highest BCUT2D eigenvalue weighted by molar-refractivity contribution is 5.76. The molecule has 5 rings (SSSR count). The number of aliphatic hydroxyl groups is 2. The first-order chi connectivity index (χ1) is 18.2. The van der Waals surface area contributed by atoms with E-state index in [1.165, 1.54) is 0 Å². The molecular weight excluding hydrogens is 492 g/mol. The summed E-state index contributed by atoms with van der Waals surface area (Å²) in [5.74, 6) is 0.250. The van der Waals surface area contributed by atoms with Crippen molar-refractivity contribution >= 4 is 11.9 Å². The Bertz CT molecular complexity index is 1030. The molecule has 0 amide bonds. The van der Waals surface area contributed by atoms with Crippen LogP contribution in [0.5, 0.6) is 0 Å². The minimum absolute atomic E-state index is 0.00673. The van der Waals surface area contributed by atoms with Crippen molar-refractivity contribution in [2.45, 2.75) is 143 Å². The maximum atomic E-state index is 13.3. The van der Waals surface area contributed by atoms with Crippen LogP contribution in [0.4, 0.5) is 0 Å². The van der Waals surface area contributed by atoms with E-state index in [4.69, 9.17) is 9.47 Å². The van der Waals surface area contributed by atoms with Crippen LogP contribution in [0.3, 0.4) is 0 Å². The fourth-order valence-corrected chi connectivity index (χ4v) is 9.43. The molecular formula is C33H52O6. The van der Waals surface area contributed by atoms with Crippen LogP contribution in [-0.4, -0.2) is 46.1 Å². The average molecular weight is 545 g/mol. The van der Waals surface area contributed by atoms with Crippen LogP contribution < -0.4 is 0 Å². The average Bonchev–Trinajstić information content (AvgIpc) is 3.26. The first-order valence-corrected chi connectivity index (χ1v) is 15.7. The Morgan fingerprint density at radius 2 is 1.90 bits per heavy atom. The molecule has 1 saturated heterocycles. The molecule has 0 bridgehead atoms. The van der Waals surface area contributed by atoms with E-state index < -0.39 is 29.2 Å². The number of aliphatic hydroxyl groups excluding tert-OH is 1. The predicted octanol–water partition coefficient (Wildman–Crippen LogP) is 6.12. The number of hydrogen-bond donors (Lipinski definition) is 2. The summed E-state index contributed by atoms with van der Waals surface area (Å²) < 4.78 is 12.2. The topological polar surface area (TPSA) is 93.1 Å². The lowest BCUT2D eigenvalue weighted by Gasteiger charge is -2.62. The summed E-state index contributed by atoms with van der Waals surface area (Å²) in [6.45, 7) is 15.1. The quantitative estimate of drug-likeness (QED) is 0.320. The maximum absolute atomic E-state index is 13.3. The van der Waals surface area contributed by atoms with Crippen LogP contribution >= 0.6 is 0 Å². The van der Waals surface area contributed by atoms with Gasteiger partial charge >= 0.3 is 11.9 Å². The molecule has 0 aromatic carbocycles. The Hall–Kier alpha value is -1.40. The Morgan fingerprint density at radius 3 is 2.54 bits per heavy atom. The molecule has 0 radical (unpaired) electrons. The SMILES string of the molecule is CCC(C)(C)C(=O)O[C@H]1C[C@H]2C(=C3CCC[C@]31C)CC[C@H]1C[C@@](O)([C@H]3C[C@@H](O)CC(=O)O3)[C@@H](C(C)C)C[C@@]12C. The number of esters is 2. The van der Waals surface area contributed by atoms with Crippen molar-refractivity contribution in [2.24, 2.45) is 39.9 Å². The Kier molecular flexibility index (Phi) is 7.36. The molecule has 9 atom stereocenters. The van der Waals surface area contributed by atoms with E-state index in [2.05, 4.69) is 27.7 Å². The minimum Gasteiger partial charge on any atom is -0.461 e. The fraction of sp³-hybridized carbons (Fsp3) is 0.879. The van der Waals surface area contributed by atoms with E-state index in [1.807, 2.05) is 20.8 Å². The standard InChI is InChI=1S/C33H52O6/c1-8-30(4,5)29(36)39-26-16-24-22(23-10-9-13-31(23,26)6)12-11-20-17-33(37,25(19(2)3)18-32(20,24)7)27-14-21(34)15-28(35)38-27/h19-21,24-27,34,37H,8-18H2,1-7H3/t20-,21+,24-,25+,26-,27+,31+,32-,33-/m0/s1. The van der Waals surface area contributed by atoms with Gasteiger partial charge in [-0.05, 0) is 101 Å². The summed E-state index contributed by atoms with van der Waals surface area (Å²) in [5.41, 5.74) is 1.42. The molecule has 4 aliphatic carbocycles. The molecule has 6 heteroatoms. The highest BCUT2D eigenvalue weighted by Crippen LogP contribution is 2.67. The van der Waals surface area contributed by atoms with Gasteiger partial charge in [0.1, 0.15) is 17.8 Å². The second-order valence-corrected chi connectivity index (χ2v) is 15.3. The van der Waals surface area contributed by atoms with Gasteiger partial charge in [-0.25, -0.2) is 0 Å². The van der Waals surface area contributed by atoms with Gasteiger partial charge in [-0.15, -0.1) is 0 Å². The van der Waals surface area contributed by atoms with Crippen molar-refractivity contribution in [1.29, 1.82) is 0 Å². The van der Waals surface area contributed by atoms with E-state index in [9.17, 15) is 19.8 Å². The van der Waals surface area contributed by atoms with Crippen molar-refractivity contribution < 1.29 is 29.3 Å². The normalized spacial score (nSPS) is 44.4. The van der Waals surface area contributed by atoms with Crippen LogP contribution in [0.15, 0.2) is 11.1 Å². The second kappa shape index (κ2) is 9.86. The monoisotopic (exact) mass is 544 g/mol. The number of hydrogen-bond acceptors (Lipinski definition) is 6. The largest absolute Gasteiger partial charge is 0.461 e. The van der Waals surface area contributed by atoms with Gasteiger partial charge in [-0.1, -0.05) is 45.8 Å². The van der Waals surface area contributed by atoms with E-state index >= 15 is 0 Å². The van der Waals surface area contributed by atoms with Crippen LogP contribution in [0, 0.1) is 39.9 Å². The molecule has 3 saturated carbocycles. The lowest BCUT2D eigenvalue weighted by atomic mass is 9.44. The van der Waals surface area contributed by atoms with Gasteiger partial charge in [0.2, 0.25) is 0 Å². The van der Waals surface area contributed by atoms with Gasteiger partial charge in [-0.2, -0.15) is 0 Å². The lowest BCUT2D eigenvalue weighted by Crippen LogP contribution is -2.63. The Morgan fingerprint density at radius 1 is 1.18 bits per heavy atom. The van der Waals surface area contributed by atoms with E-state index in [0.29, 0.717) is 18.8 Å². The van der Waals surface area contributed by atoms with Crippen molar-refractivity contribution in [1.82, 2.24) is 0 Å². The number of carbonyl (C=O) groups excluding carboxylic acids is 2. The van der Waals surface area contributed by atoms with Gasteiger partial charge in [0.25, 0.3) is 0 Å². The van der Waals surface area contributed by atoms with Gasteiger partial charge in [-0.3, -0.25) is 9.59 Å². The summed E-state index contributed by atoms with van der Waals surface area (Å²) >= 11 is 0. The third-order valence-corrected chi connectivity index (χ3v) is 12.4. The molecule has 1 heterocycles. The van der Waals surface area contributed by atoms with Gasteiger partial charge < -0.3 is 19.7 Å². The van der Waals surface area contributed by atoms with Crippen molar-refractivity contribution in [2.75, 3.05) is 0 Å². The molecule has 2 N–H and O–H groups in total. The molecule has 0 aromatic heterocycles. The van der Waals surface area contributed by atoms with Gasteiger partial charge in [0, 0.05) is 11.8 Å². The second-order valence-electron chi connectivity index (χ2n) is 15.3. The molecule has 6 nitrogen and oxygen atoms in total. The zero-order valence-electron chi connectivity index (χ0n) is 25.3. The first kappa shape index (κ1) is 29.1. The molecule has 220 valence electrons. The van der Waals surface area contributed by atoms with E-state index in [0.717, 1.165) is 51.4 Å². The zero-order chi connectivity index (χ0) is 28.5. The molecule has 1 aliphatic heterocycles. The summed E-state index contributed by atoms with van der Waals surface area (Å²) in [6, 6.07) is 0. The number of carbonyl (C=O) groups is 2. The van der Waals surface area contributed by atoms with Crippen LogP contribution in [0.25, 0.3) is 0 Å². The summed E-state index contributed by atoms with van der Waals surface area (Å²) in [6.07, 6.45) is 7.18. The van der Waals surface area contributed by atoms with Crippen LogP contribution in [-0.2, 0) is 19.1 Å². The Balaban J connectivity index is 1.50. The number of rotatable bonds is 5. The van der Waals surface area contributed by atoms with Gasteiger partial charge in [0.05, 0.1) is 17.9 Å². The number of fused-ring (bicyclic) bond motifs is 4. The highest BCUT2D eigenvalue weighted by Gasteiger charge is 2.63. The summed E-state index contributed by atoms with van der Waals surface area (Å²) in [4.78, 5) is 25.6. The first-order valence-electron chi connectivity index (χ1n) is 15.7. The summed E-state index contributed by atoms with van der Waals surface area (Å²) in [7, 11) is 0. The molecule has 39 heavy (non-hydrogen) atoms. The number of ether oxygens (including phenoxy) is 2. The molecule has 0 aromatic rings. The summed E-state index contributed by atoms with van der Waals surface area (Å²) in [5, 5.41) is 22.7. The number of allylic oxidation sites excluding steroid dienone is 1. The van der Waals surface area contributed by atoms with Crippen molar-refractivity contribution in [3.8, 4) is 0 Å². The molecule has 0 unspecified atom stereocenters. The minimum atomic E-state index is -1.15.